The lowest BCUT2D eigenvalue weighted by molar-refractivity contribution is 0.275. The summed E-state index contributed by atoms with van der Waals surface area (Å²) in [5, 5.41) is 0. The Morgan fingerprint density at radius 3 is 2.43 bits per heavy atom. The van der Waals surface area contributed by atoms with Crippen LogP contribution >= 0.6 is 7.60 Å². The molecule has 0 saturated carbocycles. The highest BCUT2D eigenvalue weighted by atomic mass is 31.2. The summed E-state index contributed by atoms with van der Waals surface area (Å²) in [5.41, 5.74) is 2.11. The SMILES string of the molecule is COP(=O)(Cc1cccc(C)c1)OC. The smallest absolute Gasteiger partial charge is 0.312 e. The predicted octanol–water partition coefficient (Wildman–Crippen LogP) is 2.98. The van der Waals surface area contributed by atoms with Crippen LogP contribution in [0.15, 0.2) is 24.3 Å². The highest BCUT2D eigenvalue weighted by Crippen LogP contribution is 2.49. The van der Waals surface area contributed by atoms with Gasteiger partial charge in [-0.15, -0.1) is 0 Å². The standard InChI is InChI=1S/C10H15O3P/c1-9-5-4-6-10(7-9)8-14(11,12-2)13-3/h4-7H,8H2,1-3H3. The van der Waals surface area contributed by atoms with Gasteiger partial charge in [0.15, 0.2) is 0 Å². The Morgan fingerprint density at radius 2 is 1.93 bits per heavy atom. The highest BCUT2D eigenvalue weighted by molar-refractivity contribution is 7.52. The van der Waals surface area contributed by atoms with Gasteiger partial charge in [0, 0.05) is 14.2 Å². The molecular weight excluding hydrogens is 199 g/mol. The Hall–Kier alpha value is -0.630. The third kappa shape index (κ3) is 2.95. The van der Waals surface area contributed by atoms with Gasteiger partial charge >= 0.3 is 7.60 Å². The van der Waals surface area contributed by atoms with Crippen LogP contribution in [0.25, 0.3) is 0 Å². The van der Waals surface area contributed by atoms with Crippen LogP contribution in [-0.2, 0) is 19.8 Å². The summed E-state index contributed by atoms with van der Waals surface area (Å²) in [5.74, 6) is 0. The van der Waals surface area contributed by atoms with Crippen molar-refractivity contribution in [1.29, 1.82) is 0 Å². The minimum absolute atomic E-state index is 0.321. The third-order valence-electron chi connectivity index (χ3n) is 2.02. The van der Waals surface area contributed by atoms with E-state index in [4.69, 9.17) is 9.05 Å². The Kier molecular flexibility index (Phi) is 3.87. The molecule has 0 heterocycles. The summed E-state index contributed by atoms with van der Waals surface area (Å²) in [4.78, 5) is 0. The normalized spacial score (nSPS) is 11.6. The van der Waals surface area contributed by atoms with Crippen molar-refractivity contribution in [3.05, 3.63) is 35.4 Å². The van der Waals surface area contributed by atoms with E-state index >= 15 is 0 Å². The van der Waals surface area contributed by atoms with Gasteiger partial charge in [-0.25, -0.2) is 0 Å². The predicted molar refractivity (Wildman–Crippen MR) is 56.5 cm³/mol. The van der Waals surface area contributed by atoms with Crippen molar-refractivity contribution < 1.29 is 13.6 Å². The Labute approximate surface area is 84.6 Å². The molecule has 0 aliphatic heterocycles. The van der Waals surface area contributed by atoms with E-state index in [0.29, 0.717) is 6.16 Å². The van der Waals surface area contributed by atoms with Crippen molar-refractivity contribution in [3.8, 4) is 0 Å². The molecule has 0 fully saturated rings. The molecule has 0 unspecified atom stereocenters. The summed E-state index contributed by atoms with van der Waals surface area (Å²) in [7, 11) is -0.117. The van der Waals surface area contributed by atoms with Crippen molar-refractivity contribution in [2.75, 3.05) is 14.2 Å². The lowest BCUT2D eigenvalue weighted by atomic mass is 10.2. The molecule has 0 aliphatic carbocycles. The summed E-state index contributed by atoms with van der Waals surface area (Å²) in [6.45, 7) is 1.99. The molecule has 0 radical (unpaired) electrons. The Bertz CT molecular complexity index is 341. The first kappa shape index (κ1) is 11.4. The fourth-order valence-electron chi connectivity index (χ4n) is 1.24. The monoisotopic (exact) mass is 214 g/mol. The van der Waals surface area contributed by atoms with Crippen LogP contribution in [0.2, 0.25) is 0 Å². The zero-order valence-corrected chi connectivity index (χ0v) is 9.58. The Morgan fingerprint density at radius 1 is 1.29 bits per heavy atom. The van der Waals surface area contributed by atoms with Crippen LogP contribution in [0, 0.1) is 6.92 Å². The highest BCUT2D eigenvalue weighted by Gasteiger charge is 2.21. The first-order valence-corrected chi connectivity index (χ1v) is 6.08. The summed E-state index contributed by atoms with van der Waals surface area (Å²) < 4.78 is 21.5. The molecule has 0 aromatic heterocycles. The second-order valence-corrected chi connectivity index (χ2v) is 5.39. The average Bonchev–Trinajstić information content (AvgIpc) is 2.18. The van der Waals surface area contributed by atoms with E-state index in [1.807, 2.05) is 31.2 Å². The fourth-order valence-corrected chi connectivity index (χ4v) is 2.29. The number of benzene rings is 1. The molecule has 0 aliphatic rings. The third-order valence-corrected chi connectivity index (χ3v) is 3.88. The van der Waals surface area contributed by atoms with Gasteiger partial charge in [-0.1, -0.05) is 29.8 Å². The molecule has 0 atom stereocenters. The molecule has 78 valence electrons. The van der Waals surface area contributed by atoms with E-state index in [0.717, 1.165) is 11.1 Å². The summed E-state index contributed by atoms with van der Waals surface area (Å²) >= 11 is 0. The Balaban J connectivity index is 2.83. The maximum absolute atomic E-state index is 11.8. The largest absolute Gasteiger partial charge is 0.334 e. The van der Waals surface area contributed by atoms with Crippen molar-refractivity contribution in [3.63, 3.8) is 0 Å². The molecule has 0 amide bonds. The maximum Gasteiger partial charge on any atom is 0.334 e. The molecule has 0 spiro atoms. The van der Waals surface area contributed by atoms with E-state index in [1.54, 1.807) is 0 Å². The second kappa shape index (κ2) is 4.74. The maximum atomic E-state index is 11.8. The number of hydrogen-bond donors (Lipinski definition) is 0. The van der Waals surface area contributed by atoms with E-state index in [-0.39, 0.29) is 0 Å². The van der Waals surface area contributed by atoms with E-state index in [1.165, 1.54) is 14.2 Å². The van der Waals surface area contributed by atoms with Crippen molar-refractivity contribution in [2.45, 2.75) is 13.1 Å². The molecule has 14 heavy (non-hydrogen) atoms. The molecule has 1 aromatic rings. The van der Waals surface area contributed by atoms with Gasteiger partial charge in [-0.05, 0) is 12.5 Å². The lowest BCUT2D eigenvalue weighted by Gasteiger charge is -2.13. The lowest BCUT2D eigenvalue weighted by Crippen LogP contribution is -1.93. The van der Waals surface area contributed by atoms with E-state index in [9.17, 15) is 4.57 Å². The van der Waals surface area contributed by atoms with Crippen LogP contribution in [0.5, 0.6) is 0 Å². The van der Waals surface area contributed by atoms with Crippen LogP contribution in [0.1, 0.15) is 11.1 Å². The first-order valence-electron chi connectivity index (χ1n) is 4.36. The van der Waals surface area contributed by atoms with Gasteiger partial charge in [0.2, 0.25) is 0 Å². The van der Waals surface area contributed by atoms with Gasteiger partial charge < -0.3 is 9.05 Å². The van der Waals surface area contributed by atoms with Gasteiger partial charge in [0.25, 0.3) is 0 Å². The number of aryl methyl sites for hydroxylation is 1. The van der Waals surface area contributed by atoms with Crippen molar-refractivity contribution >= 4 is 7.60 Å². The zero-order valence-electron chi connectivity index (χ0n) is 8.69. The van der Waals surface area contributed by atoms with Crippen molar-refractivity contribution in [2.24, 2.45) is 0 Å². The first-order chi connectivity index (χ1) is 6.59. The molecule has 3 nitrogen and oxygen atoms in total. The minimum Gasteiger partial charge on any atom is -0.312 e. The van der Waals surface area contributed by atoms with Gasteiger partial charge in [-0.3, -0.25) is 4.57 Å². The summed E-state index contributed by atoms with van der Waals surface area (Å²) in [6, 6.07) is 7.82. The second-order valence-electron chi connectivity index (χ2n) is 3.12. The molecule has 0 N–H and O–H groups in total. The molecule has 0 saturated heterocycles. The van der Waals surface area contributed by atoms with Crippen LogP contribution in [-0.4, -0.2) is 14.2 Å². The topological polar surface area (TPSA) is 35.5 Å². The molecule has 1 rings (SSSR count). The van der Waals surface area contributed by atoms with Crippen LogP contribution in [0.4, 0.5) is 0 Å². The van der Waals surface area contributed by atoms with E-state index < -0.39 is 7.60 Å². The molecule has 0 bridgehead atoms. The zero-order chi connectivity index (χ0) is 10.6. The van der Waals surface area contributed by atoms with Gasteiger partial charge in [-0.2, -0.15) is 0 Å². The quantitative estimate of drug-likeness (QED) is 0.723. The molecular formula is C10H15O3P. The number of hydrogen-bond acceptors (Lipinski definition) is 3. The van der Waals surface area contributed by atoms with Crippen molar-refractivity contribution in [1.82, 2.24) is 0 Å². The molecule has 1 aromatic carbocycles. The summed E-state index contributed by atoms with van der Waals surface area (Å²) in [6.07, 6.45) is 0.321. The van der Waals surface area contributed by atoms with Gasteiger partial charge in [0.05, 0.1) is 6.16 Å². The van der Waals surface area contributed by atoms with Crippen LogP contribution in [0.3, 0.4) is 0 Å². The average molecular weight is 214 g/mol. The fraction of sp³-hybridized carbons (Fsp3) is 0.400. The van der Waals surface area contributed by atoms with Gasteiger partial charge in [0.1, 0.15) is 0 Å². The minimum atomic E-state index is -2.92. The molecule has 4 heteroatoms. The van der Waals surface area contributed by atoms with E-state index in [2.05, 4.69) is 0 Å². The van der Waals surface area contributed by atoms with Crippen LogP contribution < -0.4 is 0 Å². The number of rotatable bonds is 4.